The minimum Gasteiger partial charge on any atom is -0.504 e. The highest BCUT2D eigenvalue weighted by Gasteiger charge is 2.19. The van der Waals surface area contributed by atoms with Crippen LogP contribution in [0.1, 0.15) is 0 Å². The molecule has 104 valence electrons. The van der Waals surface area contributed by atoms with Gasteiger partial charge in [-0.2, -0.15) is 0 Å². The van der Waals surface area contributed by atoms with Crippen LogP contribution in [0.4, 0.5) is 5.82 Å². The first-order chi connectivity index (χ1) is 9.74. The van der Waals surface area contributed by atoms with Gasteiger partial charge in [0.15, 0.2) is 11.6 Å². The summed E-state index contributed by atoms with van der Waals surface area (Å²) < 4.78 is 0. The summed E-state index contributed by atoms with van der Waals surface area (Å²) in [4.78, 5) is 4.34. The molecule has 1 N–H and O–H groups in total. The lowest BCUT2D eigenvalue weighted by Gasteiger charge is -2.33. The van der Waals surface area contributed by atoms with Crippen molar-refractivity contribution in [3.05, 3.63) is 36.4 Å². The first-order valence-electron chi connectivity index (χ1n) is 6.79. The molecule has 0 aliphatic carbocycles. The Kier molecular flexibility index (Phi) is 3.52. The Balaban J connectivity index is 1.85. The fourth-order valence-electron chi connectivity index (χ4n) is 2.37. The largest absolute Gasteiger partial charge is 0.504 e. The predicted octanol–water partition coefficient (Wildman–Crippen LogP) is 1.60. The van der Waals surface area contributed by atoms with E-state index in [-0.39, 0.29) is 5.75 Å². The smallest absolute Gasteiger partial charge is 0.193 e. The summed E-state index contributed by atoms with van der Waals surface area (Å²) in [5.74, 6) is 0.779. The van der Waals surface area contributed by atoms with Crippen LogP contribution in [0, 0.1) is 0 Å². The monoisotopic (exact) mass is 270 g/mol. The second-order valence-electron chi connectivity index (χ2n) is 5.09. The zero-order chi connectivity index (χ0) is 13.9. The van der Waals surface area contributed by atoms with Gasteiger partial charge in [-0.25, -0.2) is 0 Å². The first kappa shape index (κ1) is 12.9. The lowest BCUT2D eigenvalue weighted by Crippen LogP contribution is -2.44. The van der Waals surface area contributed by atoms with Crippen LogP contribution in [-0.2, 0) is 0 Å². The number of piperazine rings is 1. The summed E-state index contributed by atoms with van der Waals surface area (Å²) in [5.41, 5.74) is 1.65. The molecule has 1 aliphatic heterocycles. The second kappa shape index (κ2) is 5.46. The molecule has 1 aromatic carbocycles. The molecule has 2 heterocycles. The molecule has 20 heavy (non-hydrogen) atoms. The highest BCUT2D eigenvalue weighted by Crippen LogP contribution is 2.28. The van der Waals surface area contributed by atoms with E-state index in [1.54, 1.807) is 6.07 Å². The predicted molar refractivity (Wildman–Crippen MR) is 78.8 cm³/mol. The molecule has 2 aromatic rings. The van der Waals surface area contributed by atoms with Crippen LogP contribution in [0.3, 0.4) is 0 Å². The Morgan fingerprint density at radius 3 is 2.35 bits per heavy atom. The van der Waals surface area contributed by atoms with E-state index in [1.165, 1.54) is 0 Å². The molecule has 1 fully saturated rings. The quantitative estimate of drug-likeness (QED) is 0.898. The van der Waals surface area contributed by atoms with E-state index < -0.39 is 0 Å². The maximum absolute atomic E-state index is 10.2. The van der Waals surface area contributed by atoms with Crippen molar-refractivity contribution in [2.45, 2.75) is 0 Å². The molecule has 5 nitrogen and oxygen atoms in total. The minimum absolute atomic E-state index is 0.198. The number of benzene rings is 1. The van der Waals surface area contributed by atoms with Crippen LogP contribution in [0.2, 0.25) is 0 Å². The highest BCUT2D eigenvalue weighted by molar-refractivity contribution is 5.64. The van der Waals surface area contributed by atoms with E-state index in [0.29, 0.717) is 11.5 Å². The third-order valence-electron chi connectivity index (χ3n) is 3.63. The third kappa shape index (κ3) is 2.58. The van der Waals surface area contributed by atoms with Crippen LogP contribution in [0.25, 0.3) is 11.3 Å². The van der Waals surface area contributed by atoms with Gasteiger partial charge < -0.3 is 14.9 Å². The van der Waals surface area contributed by atoms with Crippen LogP contribution in [0.5, 0.6) is 5.75 Å². The summed E-state index contributed by atoms with van der Waals surface area (Å²) >= 11 is 0. The van der Waals surface area contributed by atoms with Gasteiger partial charge in [0.25, 0.3) is 0 Å². The van der Waals surface area contributed by atoms with E-state index >= 15 is 0 Å². The number of hydrogen-bond donors (Lipinski definition) is 1. The minimum atomic E-state index is 0.198. The molecule has 0 radical (unpaired) electrons. The Morgan fingerprint density at radius 1 is 1.00 bits per heavy atom. The second-order valence-corrected chi connectivity index (χ2v) is 5.09. The van der Waals surface area contributed by atoms with Crippen molar-refractivity contribution >= 4 is 5.82 Å². The number of aromatic nitrogens is 2. The standard InChI is InChI=1S/C15H18N4O/c1-18-7-9-19(10-8-18)15-14(20)11-13(16-17-15)12-5-3-2-4-6-12/h2-6,11H,7-10H2,1H3,(H,16,20). The van der Waals surface area contributed by atoms with Crippen molar-refractivity contribution in [2.24, 2.45) is 0 Å². The van der Waals surface area contributed by atoms with E-state index in [0.717, 1.165) is 31.7 Å². The maximum atomic E-state index is 10.2. The summed E-state index contributed by atoms with van der Waals surface area (Å²) in [7, 11) is 2.10. The number of rotatable bonds is 2. The van der Waals surface area contributed by atoms with Gasteiger partial charge in [-0.05, 0) is 7.05 Å². The normalized spacial score (nSPS) is 16.4. The van der Waals surface area contributed by atoms with Gasteiger partial charge in [0.2, 0.25) is 0 Å². The maximum Gasteiger partial charge on any atom is 0.193 e. The Morgan fingerprint density at radius 2 is 1.70 bits per heavy atom. The number of hydrogen-bond acceptors (Lipinski definition) is 5. The van der Waals surface area contributed by atoms with Crippen molar-refractivity contribution in [1.82, 2.24) is 15.1 Å². The topological polar surface area (TPSA) is 52.5 Å². The van der Waals surface area contributed by atoms with Gasteiger partial charge in [0.05, 0.1) is 5.69 Å². The lowest BCUT2D eigenvalue weighted by molar-refractivity contribution is 0.310. The fraction of sp³-hybridized carbons (Fsp3) is 0.333. The number of aromatic hydroxyl groups is 1. The van der Waals surface area contributed by atoms with Gasteiger partial charge >= 0.3 is 0 Å². The Hall–Kier alpha value is -2.14. The summed E-state index contributed by atoms with van der Waals surface area (Å²) in [5, 5.41) is 18.7. The molecular formula is C15H18N4O. The van der Waals surface area contributed by atoms with E-state index in [2.05, 4.69) is 27.0 Å². The lowest BCUT2D eigenvalue weighted by atomic mass is 10.1. The zero-order valence-electron chi connectivity index (χ0n) is 11.5. The number of nitrogens with zero attached hydrogens (tertiary/aromatic N) is 4. The van der Waals surface area contributed by atoms with Gasteiger partial charge in [-0.3, -0.25) is 0 Å². The van der Waals surface area contributed by atoms with Gasteiger partial charge in [0, 0.05) is 37.8 Å². The highest BCUT2D eigenvalue weighted by atomic mass is 16.3. The van der Waals surface area contributed by atoms with Gasteiger partial charge in [-0.15, -0.1) is 10.2 Å². The molecule has 0 atom stereocenters. The molecule has 0 saturated carbocycles. The average Bonchev–Trinajstić information content (AvgIpc) is 2.49. The fourth-order valence-corrected chi connectivity index (χ4v) is 2.37. The summed E-state index contributed by atoms with van der Waals surface area (Å²) in [6.45, 7) is 3.68. The van der Waals surface area contributed by atoms with Crippen LogP contribution in [0.15, 0.2) is 36.4 Å². The SMILES string of the molecule is CN1CCN(c2nnc(-c3ccccc3)cc2O)CC1. The van der Waals surface area contributed by atoms with E-state index in [9.17, 15) is 5.11 Å². The molecule has 1 aliphatic rings. The number of likely N-dealkylation sites (N-methyl/N-ethyl adjacent to an activating group) is 1. The van der Waals surface area contributed by atoms with E-state index in [1.807, 2.05) is 30.3 Å². The molecule has 0 unspecified atom stereocenters. The number of anilines is 1. The third-order valence-corrected chi connectivity index (χ3v) is 3.63. The summed E-state index contributed by atoms with van der Waals surface area (Å²) in [6, 6.07) is 11.5. The van der Waals surface area contributed by atoms with Crippen LogP contribution >= 0.6 is 0 Å². The van der Waals surface area contributed by atoms with Gasteiger partial charge in [0.1, 0.15) is 0 Å². The zero-order valence-corrected chi connectivity index (χ0v) is 11.5. The van der Waals surface area contributed by atoms with Crippen molar-refractivity contribution < 1.29 is 5.11 Å². The summed E-state index contributed by atoms with van der Waals surface area (Å²) in [6.07, 6.45) is 0. The molecule has 0 amide bonds. The molecular weight excluding hydrogens is 252 g/mol. The van der Waals surface area contributed by atoms with Crippen LogP contribution < -0.4 is 4.90 Å². The van der Waals surface area contributed by atoms with E-state index in [4.69, 9.17) is 0 Å². The molecule has 0 spiro atoms. The molecule has 5 heteroatoms. The first-order valence-corrected chi connectivity index (χ1v) is 6.79. The van der Waals surface area contributed by atoms with Crippen molar-refractivity contribution in [1.29, 1.82) is 0 Å². The molecule has 3 rings (SSSR count). The van der Waals surface area contributed by atoms with Crippen LogP contribution in [-0.4, -0.2) is 53.4 Å². The van der Waals surface area contributed by atoms with Gasteiger partial charge in [-0.1, -0.05) is 30.3 Å². The molecule has 1 saturated heterocycles. The Bertz CT molecular complexity index is 580. The van der Waals surface area contributed by atoms with Crippen molar-refractivity contribution in [2.75, 3.05) is 38.1 Å². The van der Waals surface area contributed by atoms with Crippen molar-refractivity contribution in [3.8, 4) is 17.0 Å². The average molecular weight is 270 g/mol. The molecule has 0 bridgehead atoms. The van der Waals surface area contributed by atoms with Crippen molar-refractivity contribution in [3.63, 3.8) is 0 Å². The Labute approximate surface area is 118 Å². The molecule has 1 aromatic heterocycles.